The molecule has 12 heavy (non-hydrogen) atoms. The molecule has 1 heterocycles. The molecule has 0 spiro atoms. The minimum atomic E-state index is 0.782. The third kappa shape index (κ3) is 1.46. The zero-order valence-electron chi connectivity index (χ0n) is 7.34. The number of nitrogens with zero attached hydrogens (tertiary/aromatic N) is 1. The first-order valence-electron chi connectivity index (χ1n) is 4.61. The van der Waals surface area contributed by atoms with Gasteiger partial charge in [0, 0.05) is 18.2 Å². The molecule has 0 saturated heterocycles. The summed E-state index contributed by atoms with van der Waals surface area (Å²) in [5, 5.41) is 3.36. The maximum atomic E-state index is 5.22. The van der Waals surface area contributed by atoms with Crippen molar-refractivity contribution < 1.29 is 0 Å². The van der Waals surface area contributed by atoms with Gasteiger partial charge in [0.1, 0.15) is 4.64 Å². The lowest BCUT2D eigenvalue weighted by Crippen LogP contribution is -1.99. The van der Waals surface area contributed by atoms with Crippen LogP contribution in [0.3, 0.4) is 0 Å². The first-order valence-corrected chi connectivity index (χ1v) is 5.02. The Morgan fingerprint density at radius 1 is 1.67 bits per heavy atom. The van der Waals surface area contributed by atoms with E-state index in [0.717, 1.165) is 23.5 Å². The van der Waals surface area contributed by atoms with E-state index in [1.165, 1.54) is 18.5 Å². The van der Waals surface area contributed by atoms with Gasteiger partial charge in [-0.2, -0.15) is 0 Å². The average Bonchev–Trinajstić information content (AvgIpc) is 2.80. The second-order valence-corrected chi connectivity index (χ2v) is 3.89. The van der Waals surface area contributed by atoms with E-state index in [2.05, 4.69) is 22.8 Å². The van der Waals surface area contributed by atoms with Gasteiger partial charge in [-0.25, -0.2) is 0 Å². The van der Waals surface area contributed by atoms with Crippen molar-refractivity contribution in [3.8, 4) is 0 Å². The lowest BCUT2D eigenvalue weighted by atomic mass is 10.3. The van der Waals surface area contributed by atoms with Crippen LogP contribution in [0.15, 0.2) is 6.07 Å². The minimum absolute atomic E-state index is 0.782. The van der Waals surface area contributed by atoms with Crippen molar-refractivity contribution in [1.29, 1.82) is 0 Å². The normalized spacial score (nSPS) is 16.8. The van der Waals surface area contributed by atoms with Gasteiger partial charge >= 0.3 is 0 Å². The number of hydrogen-bond donors (Lipinski definition) is 1. The number of hydrogen-bond acceptors (Lipinski definition) is 1. The van der Waals surface area contributed by atoms with Crippen LogP contribution in [0, 0.1) is 4.64 Å². The molecule has 3 heteroatoms. The third-order valence-corrected chi connectivity index (χ3v) is 2.61. The Morgan fingerprint density at radius 3 is 3.00 bits per heavy atom. The highest BCUT2D eigenvalue weighted by atomic mass is 32.1. The monoisotopic (exact) mass is 182 g/mol. The topological polar surface area (TPSA) is 20.7 Å². The van der Waals surface area contributed by atoms with Gasteiger partial charge in [0.2, 0.25) is 0 Å². The molecule has 2 rings (SSSR count). The quantitative estimate of drug-likeness (QED) is 0.713. The first-order chi connectivity index (χ1) is 5.81. The summed E-state index contributed by atoms with van der Waals surface area (Å²) in [5.74, 6) is 0.782. The molecule has 0 radical (unpaired) electrons. The first kappa shape index (κ1) is 8.05. The van der Waals surface area contributed by atoms with Crippen molar-refractivity contribution in [2.75, 3.05) is 0 Å². The van der Waals surface area contributed by atoms with E-state index in [1.807, 2.05) is 0 Å². The number of aromatic nitrogens is 2. The van der Waals surface area contributed by atoms with Crippen molar-refractivity contribution in [3.63, 3.8) is 0 Å². The molecule has 0 amide bonds. The molecule has 2 nitrogen and oxygen atoms in total. The molecule has 1 saturated carbocycles. The van der Waals surface area contributed by atoms with Gasteiger partial charge in [-0.1, -0.05) is 19.1 Å². The summed E-state index contributed by atoms with van der Waals surface area (Å²) in [6, 6.07) is 2.11. The van der Waals surface area contributed by atoms with Crippen LogP contribution in [-0.4, -0.2) is 9.78 Å². The van der Waals surface area contributed by atoms with Gasteiger partial charge in [-0.3, -0.25) is 4.68 Å². The molecule has 0 bridgehead atoms. The summed E-state index contributed by atoms with van der Waals surface area (Å²) < 4.78 is 3.03. The van der Waals surface area contributed by atoms with E-state index >= 15 is 0 Å². The highest BCUT2D eigenvalue weighted by molar-refractivity contribution is 7.71. The standard InChI is InChI=1S/C9H14N2S/c1-2-5-11-9(12)6-8(10-11)7-3-4-7/h6-7,10H,2-5H2,1H3. The molecule has 1 aromatic rings. The van der Waals surface area contributed by atoms with Crippen molar-refractivity contribution in [1.82, 2.24) is 9.78 Å². The Balaban J connectivity index is 2.24. The fourth-order valence-electron chi connectivity index (χ4n) is 1.45. The highest BCUT2D eigenvalue weighted by Crippen LogP contribution is 2.38. The fraction of sp³-hybridized carbons (Fsp3) is 0.667. The highest BCUT2D eigenvalue weighted by Gasteiger charge is 2.25. The summed E-state index contributed by atoms with van der Waals surface area (Å²) in [4.78, 5) is 0. The number of rotatable bonds is 3. The van der Waals surface area contributed by atoms with Crippen LogP contribution in [0.5, 0.6) is 0 Å². The average molecular weight is 182 g/mol. The van der Waals surface area contributed by atoms with E-state index in [9.17, 15) is 0 Å². The van der Waals surface area contributed by atoms with E-state index < -0.39 is 0 Å². The Bertz CT molecular complexity index is 320. The van der Waals surface area contributed by atoms with Gasteiger partial charge in [-0.15, -0.1) is 0 Å². The number of aryl methyl sites for hydroxylation is 1. The molecule has 0 aromatic carbocycles. The second kappa shape index (κ2) is 3.05. The van der Waals surface area contributed by atoms with Crippen LogP contribution in [0.4, 0.5) is 0 Å². The van der Waals surface area contributed by atoms with Crippen LogP contribution >= 0.6 is 12.2 Å². The minimum Gasteiger partial charge on any atom is -0.301 e. The molecule has 0 unspecified atom stereocenters. The zero-order valence-corrected chi connectivity index (χ0v) is 8.16. The van der Waals surface area contributed by atoms with E-state index in [4.69, 9.17) is 12.2 Å². The second-order valence-electron chi connectivity index (χ2n) is 3.48. The predicted octanol–water partition coefficient (Wildman–Crippen LogP) is 2.83. The number of aromatic amines is 1. The Morgan fingerprint density at radius 2 is 2.42 bits per heavy atom. The van der Waals surface area contributed by atoms with Gasteiger partial charge in [0.15, 0.2) is 0 Å². The molecular formula is C9H14N2S. The Hall–Kier alpha value is -0.570. The molecule has 1 aliphatic rings. The molecule has 1 fully saturated rings. The van der Waals surface area contributed by atoms with Crippen molar-refractivity contribution >= 4 is 12.2 Å². The summed E-state index contributed by atoms with van der Waals surface area (Å²) in [5.41, 5.74) is 1.34. The van der Waals surface area contributed by atoms with Gasteiger partial charge in [0.25, 0.3) is 0 Å². The van der Waals surface area contributed by atoms with Crippen molar-refractivity contribution in [3.05, 3.63) is 16.4 Å². The van der Waals surface area contributed by atoms with Crippen LogP contribution in [-0.2, 0) is 6.54 Å². The van der Waals surface area contributed by atoms with Crippen LogP contribution in [0.2, 0.25) is 0 Å². The molecule has 1 N–H and O–H groups in total. The summed E-state index contributed by atoms with van der Waals surface area (Å²) >= 11 is 5.22. The van der Waals surface area contributed by atoms with Crippen LogP contribution in [0.25, 0.3) is 0 Å². The van der Waals surface area contributed by atoms with E-state index in [-0.39, 0.29) is 0 Å². The van der Waals surface area contributed by atoms with Gasteiger partial charge < -0.3 is 5.10 Å². The SMILES string of the molecule is CCCn1[nH]c(C2CC2)cc1=S. The fourth-order valence-corrected chi connectivity index (χ4v) is 1.71. The Labute approximate surface area is 77.6 Å². The molecule has 66 valence electrons. The van der Waals surface area contributed by atoms with Crippen LogP contribution < -0.4 is 0 Å². The molecule has 1 aromatic heterocycles. The van der Waals surface area contributed by atoms with Gasteiger partial charge in [0.05, 0.1) is 0 Å². The summed E-state index contributed by atoms with van der Waals surface area (Å²) in [6.45, 7) is 3.19. The number of H-pyrrole nitrogens is 1. The third-order valence-electron chi connectivity index (χ3n) is 2.27. The zero-order chi connectivity index (χ0) is 8.55. The van der Waals surface area contributed by atoms with Gasteiger partial charge in [-0.05, 0) is 25.3 Å². The van der Waals surface area contributed by atoms with E-state index in [1.54, 1.807) is 0 Å². The molecule has 0 atom stereocenters. The largest absolute Gasteiger partial charge is 0.301 e. The lowest BCUT2D eigenvalue weighted by molar-refractivity contribution is 0.588. The summed E-state index contributed by atoms with van der Waals surface area (Å²) in [6.07, 6.45) is 3.81. The lowest BCUT2D eigenvalue weighted by Gasteiger charge is -1.98. The smallest absolute Gasteiger partial charge is 0.122 e. The van der Waals surface area contributed by atoms with E-state index in [0.29, 0.717) is 0 Å². The number of nitrogens with one attached hydrogen (secondary N) is 1. The maximum absolute atomic E-state index is 5.22. The Kier molecular flexibility index (Phi) is 2.05. The maximum Gasteiger partial charge on any atom is 0.122 e. The van der Waals surface area contributed by atoms with Crippen LogP contribution in [0.1, 0.15) is 37.8 Å². The molecular weight excluding hydrogens is 168 g/mol. The molecule has 1 aliphatic carbocycles. The summed E-state index contributed by atoms with van der Waals surface area (Å²) in [7, 11) is 0. The predicted molar refractivity (Wildman–Crippen MR) is 51.9 cm³/mol. The van der Waals surface area contributed by atoms with Crippen molar-refractivity contribution in [2.45, 2.75) is 38.6 Å². The molecule has 0 aliphatic heterocycles. The van der Waals surface area contributed by atoms with Crippen molar-refractivity contribution in [2.24, 2.45) is 0 Å².